The van der Waals surface area contributed by atoms with Crippen LogP contribution in [-0.2, 0) is 33.2 Å². The first-order valence-corrected chi connectivity index (χ1v) is 32.5. The van der Waals surface area contributed by atoms with E-state index in [-0.39, 0.29) is 19.6 Å². The van der Waals surface area contributed by atoms with Crippen LogP contribution >= 0.6 is 0 Å². The molecule has 0 bridgehead atoms. The zero-order valence-corrected chi connectivity index (χ0v) is 51.4. The lowest BCUT2D eigenvalue weighted by Crippen LogP contribution is -2.61. The van der Waals surface area contributed by atoms with Crippen LogP contribution in [0.2, 0.25) is 0 Å². The molecule has 0 aromatic carbocycles. The van der Waals surface area contributed by atoms with Crippen molar-refractivity contribution in [2.24, 2.45) is 0 Å². The monoisotopic (exact) mass is 1170 g/mol. The van der Waals surface area contributed by atoms with E-state index >= 15 is 0 Å². The number of aliphatic hydroxyl groups excluding tert-OH is 7. The lowest BCUT2D eigenvalue weighted by Gasteiger charge is -2.42. The Morgan fingerprint density at radius 2 is 0.783 bits per heavy atom. The molecule has 2 fully saturated rings. The van der Waals surface area contributed by atoms with Gasteiger partial charge < -0.3 is 64.2 Å². The summed E-state index contributed by atoms with van der Waals surface area (Å²) >= 11 is 0. The van der Waals surface area contributed by atoms with E-state index in [9.17, 15) is 40.5 Å². The van der Waals surface area contributed by atoms with Crippen molar-refractivity contribution in [3.05, 3.63) is 109 Å². The molecule has 2 rings (SSSR count). The van der Waals surface area contributed by atoms with Gasteiger partial charge in [-0.2, -0.15) is 0 Å². The van der Waals surface area contributed by atoms with Gasteiger partial charge in [-0.3, -0.25) is 4.79 Å². The van der Waals surface area contributed by atoms with Gasteiger partial charge in [0.2, 0.25) is 0 Å². The van der Waals surface area contributed by atoms with E-state index in [1.807, 2.05) is 0 Å². The first-order chi connectivity index (χ1) is 40.6. The van der Waals surface area contributed by atoms with E-state index in [4.69, 9.17) is 28.4 Å². The van der Waals surface area contributed by atoms with E-state index in [0.29, 0.717) is 13.0 Å². The van der Waals surface area contributed by atoms with E-state index < -0.39 is 86.7 Å². The number of hydrogen-bond donors (Lipinski definition) is 7. The summed E-state index contributed by atoms with van der Waals surface area (Å²) in [7, 11) is 0. The van der Waals surface area contributed by atoms with Crippen molar-refractivity contribution in [1.82, 2.24) is 0 Å². The molecule has 83 heavy (non-hydrogen) atoms. The Hall–Kier alpha value is -3.35. The van der Waals surface area contributed by atoms with Crippen LogP contribution in [0.5, 0.6) is 0 Å². The average molecular weight is 1170 g/mol. The molecule has 2 heterocycles. The Balaban J connectivity index is 1.70. The Kier molecular flexibility index (Phi) is 49.3. The fourth-order valence-corrected chi connectivity index (χ4v) is 9.59. The number of ether oxygens (including phenoxy) is 6. The van der Waals surface area contributed by atoms with Crippen LogP contribution in [0.4, 0.5) is 0 Å². The third kappa shape index (κ3) is 39.9. The summed E-state index contributed by atoms with van der Waals surface area (Å²) in [6.45, 7) is 3.50. The Labute approximate surface area is 502 Å². The van der Waals surface area contributed by atoms with E-state index in [0.717, 1.165) is 103 Å². The molecular formula is C69H116O14. The molecule has 7 N–H and O–H groups in total. The SMILES string of the molecule is CC/C=C\C/C=C\C/C=C\C/C=C\C/C=C\C/C=C\C/C=C\CCCCCCOCC(COC1OC(COC2OC(CO)C(O)C(O)C2O)C(O)C(O)C1O)OC(=O)CCCCCCCCCCCCC/C=C\C/C=C\CCCCCCC. The number of allylic oxidation sites excluding steroid dienone is 18. The third-order valence-electron chi connectivity index (χ3n) is 14.8. The second kappa shape index (κ2) is 54.1. The van der Waals surface area contributed by atoms with Crippen molar-refractivity contribution in [2.75, 3.05) is 33.0 Å². The summed E-state index contributed by atoms with van der Waals surface area (Å²) in [5, 5.41) is 72.5. The molecule has 0 spiro atoms. The Morgan fingerprint density at radius 3 is 1.23 bits per heavy atom. The van der Waals surface area contributed by atoms with Gasteiger partial charge in [0.05, 0.1) is 26.4 Å². The normalized spacial score (nSPS) is 24.2. The minimum atomic E-state index is -1.72. The predicted octanol–water partition coefficient (Wildman–Crippen LogP) is 13.1. The highest BCUT2D eigenvalue weighted by atomic mass is 16.7. The van der Waals surface area contributed by atoms with Gasteiger partial charge in [0.1, 0.15) is 54.9 Å². The Bertz CT molecular complexity index is 1790. The molecular weight excluding hydrogens is 1050 g/mol. The van der Waals surface area contributed by atoms with Gasteiger partial charge in [-0.15, -0.1) is 0 Å². The summed E-state index contributed by atoms with van der Waals surface area (Å²) in [6, 6.07) is 0. The zero-order chi connectivity index (χ0) is 60.1. The largest absolute Gasteiger partial charge is 0.457 e. The standard InChI is InChI=1S/C69H116O14/c1-3-5-7-9-11-13-15-17-19-21-23-25-27-28-29-31-33-35-37-39-41-43-45-47-49-51-53-78-55-58(56-79-68-67(77)65(75)63(73)60(83-68)57-80-69-66(76)64(74)62(72)59(54-70)82-69)81-61(71)52-50-48-46-44-42-40-38-36-34-32-30-26-24-22-20-18-16-14-12-10-8-6-4-2/h5,7,11,13,16-19,22-25,28-29,33,35,39,41,58-60,62-70,72-77H,3-4,6,8-10,12,14-15,20-21,26-27,30-32,34,36-38,40,42-57H2,1-2H3/b7-5-,13-11-,18-16-,19-17-,24-22-,25-23-,29-28-,35-33-,41-39-. The molecule has 14 heteroatoms. The van der Waals surface area contributed by atoms with Gasteiger partial charge in [0, 0.05) is 13.0 Å². The number of carbonyl (C=O) groups is 1. The number of unbranched alkanes of at least 4 members (excludes halogenated alkanes) is 20. The topological polar surface area (TPSA) is 214 Å². The van der Waals surface area contributed by atoms with E-state index in [2.05, 4.69) is 123 Å². The molecule has 2 saturated heterocycles. The number of rotatable bonds is 52. The van der Waals surface area contributed by atoms with Gasteiger partial charge in [-0.05, 0) is 103 Å². The minimum absolute atomic E-state index is 0.0367. The molecule has 0 saturated carbocycles. The molecule has 2 aliphatic heterocycles. The summed E-state index contributed by atoms with van der Waals surface area (Å²) in [5.74, 6) is -0.390. The number of hydrogen-bond acceptors (Lipinski definition) is 14. The first kappa shape index (κ1) is 75.7. The average Bonchev–Trinajstić information content (AvgIpc) is 3.69. The molecule has 11 unspecified atom stereocenters. The molecule has 476 valence electrons. The molecule has 0 amide bonds. The van der Waals surface area contributed by atoms with Crippen LogP contribution in [-0.4, -0.2) is 142 Å². The third-order valence-corrected chi connectivity index (χ3v) is 14.8. The number of carbonyl (C=O) groups excluding carboxylic acids is 1. The summed E-state index contributed by atoms with van der Waals surface area (Å²) in [4.78, 5) is 13.1. The Morgan fingerprint density at radius 1 is 0.410 bits per heavy atom. The molecule has 11 atom stereocenters. The smallest absolute Gasteiger partial charge is 0.306 e. The van der Waals surface area contributed by atoms with Crippen molar-refractivity contribution in [1.29, 1.82) is 0 Å². The van der Waals surface area contributed by atoms with Crippen LogP contribution in [0.1, 0.15) is 219 Å². The van der Waals surface area contributed by atoms with Crippen LogP contribution in [0.3, 0.4) is 0 Å². The van der Waals surface area contributed by atoms with Gasteiger partial charge in [0.25, 0.3) is 0 Å². The predicted molar refractivity (Wildman–Crippen MR) is 334 cm³/mol. The lowest BCUT2D eigenvalue weighted by molar-refractivity contribution is -0.332. The van der Waals surface area contributed by atoms with Crippen LogP contribution in [0.15, 0.2) is 109 Å². The maximum absolute atomic E-state index is 13.1. The van der Waals surface area contributed by atoms with Gasteiger partial charge in [0.15, 0.2) is 12.6 Å². The highest BCUT2D eigenvalue weighted by molar-refractivity contribution is 5.69. The van der Waals surface area contributed by atoms with E-state index in [1.54, 1.807) is 0 Å². The van der Waals surface area contributed by atoms with Crippen LogP contribution in [0, 0.1) is 0 Å². The first-order valence-electron chi connectivity index (χ1n) is 32.5. The van der Waals surface area contributed by atoms with E-state index in [1.165, 1.54) is 89.9 Å². The molecule has 2 aliphatic rings. The number of aliphatic hydroxyl groups is 7. The molecule has 0 aromatic rings. The lowest BCUT2D eigenvalue weighted by atomic mass is 9.98. The van der Waals surface area contributed by atoms with Crippen molar-refractivity contribution in [3.63, 3.8) is 0 Å². The van der Waals surface area contributed by atoms with Crippen molar-refractivity contribution >= 4 is 5.97 Å². The maximum atomic E-state index is 13.1. The maximum Gasteiger partial charge on any atom is 0.306 e. The zero-order valence-electron chi connectivity index (χ0n) is 51.4. The molecule has 14 nitrogen and oxygen atoms in total. The van der Waals surface area contributed by atoms with Crippen molar-refractivity contribution < 1.29 is 69.0 Å². The summed E-state index contributed by atoms with van der Waals surface area (Å²) in [6.07, 6.45) is 58.6. The fourth-order valence-electron chi connectivity index (χ4n) is 9.59. The summed E-state index contributed by atoms with van der Waals surface area (Å²) in [5.41, 5.74) is 0. The minimum Gasteiger partial charge on any atom is -0.457 e. The molecule has 0 aliphatic carbocycles. The van der Waals surface area contributed by atoms with Crippen molar-refractivity contribution in [2.45, 2.75) is 287 Å². The second-order valence-corrected chi connectivity index (χ2v) is 22.2. The van der Waals surface area contributed by atoms with Crippen LogP contribution < -0.4 is 0 Å². The summed E-state index contributed by atoms with van der Waals surface area (Å²) < 4.78 is 34.5. The van der Waals surface area contributed by atoms with Crippen LogP contribution in [0.25, 0.3) is 0 Å². The van der Waals surface area contributed by atoms with Crippen molar-refractivity contribution in [3.8, 4) is 0 Å². The molecule has 0 radical (unpaired) electrons. The highest BCUT2D eigenvalue weighted by Crippen LogP contribution is 2.27. The molecule has 0 aromatic heterocycles. The van der Waals surface area contributed by atoms with Gasteiger partial charge in [-0.1, -0.05) is 220 Å². The number of esters is 1. The fraction of sp³-hybridized carbons (Fsp3) is 0.725. The van der Waals surface area contributed by atoms with Gasteiger partial charge in [-0.25, -0.2) is 0 Å². The van der Waals surface area contributed by atoms with Gasteiger partial charge >= 0.3 is 5.97 Å². The quantitative estimate of drug-likeness (QED) is 0.0172. The second-order valence-electron chi connectivity index (χ2n) is 22.2. The highest BCUT2D eigenvalue weighted by Gasteiger charge is 2.47.